The van der Waals surface area contributed by atoms with Gasteiger partial charge >= 0.3 is 0 Å². The molecule has 2 nitrogen and oxygen atoms in total. The van der Waals surface area contributed by atoms with Crippen molar-refractivity contribution in [2.75, 3.05) is 6.54 Å². The van der Waals surface area contributed by atoms with Gasteiger partial charge in [0.15, 0.2) is 0 Å². The van der Waals surface area contributed by atoms with E-state index in [1.807, 2.05) is 18.3 Å². The summed E-state index contributed by atoms with van der Waals surface area (Å²) in [7, 11) is 0. The number of hydrogen-bond donors (Lipinski definition) is 1. The van der Waals surface area contributed by atoms with Gasteiger partial charge in [-0.3, -0.25) is 4.99 Å². The molecule has 0 atom stereocenters. The molecule has 0 radical (unpaired) electrons. The van der Waals surface area contributed by atoms with Crippen LogP contribution in [-0.4, -0.2) is 17.9 Å². The second-order valence-electron chi connectivity index (χ2n) is 5.10. The van der Waals surface area contributed by atoms with Crippen LogP contribution in [-0.2, 0) is 0 Å². The maximum Gasteiger partial charge on any atom is 0.115 e. The molecule has 0 aromatic heterocycles. The molecular weight excluding hydrogens is 234 g/mol. The molecule has 19 heavy (non-hydrogen) atoms. The highest BCUT2D eigenvalue weighted by Crippen LogP contribution is 2.09. The summed E-state index contributed by atoms with van der Waals surface area (Å²) in [4.78, 5) is 4.41. The van der Waals surface area contributed by atoms with Gasteiger partial charge in [-0.05, 0) is 36.2 Å². The van der Waals surface area contributed by atoms with Crippen LogP contribution in [0, 0.1) is 0 Å². The Bertz CT molecular complexity index is 343. The first-order valence-electron chi connectivity index (χ1n) is 7.62. The largest absolute Gasteiger partial charge is 0.508 e. The predicted octanol–water partition coefficient (Wildman–Crippen LogP) is 4.95. The number of phenolic OH excluding ortho intramolecular Hbond substituents is 1. The fourth-order valence-corrected chi connectivity index (χ4v) is 2.07. The van der Waals surface area contributed by atoms with Crippen molar-refractivity contribution in [2.24, 2.45) is 4.99 Å². The number of phenols is 1. The Labute approximate surface area is 117 Å². The average Bonchev–Trinajstić information content (AvgIpc) is 2.43. The lowest BCUT2D eigenvalue weighted by Gasteiger charge is -1.99. The molecule has 0 aliphatic heterocycles. The average molecular weight is 261 g/mol. The second-order valence-corrected chi connectivity index (χ2v) is 5.10. The van der Waals surface area contributed by atoms with Crippen molar-refractivity contribution in [2.45, 2.75) is 58.3 Å². The topological polar surface area (TPSA) is 32.6 Å². The van der Waals surface area contributed by atoms with Crippen molar-refractivity contribution in [1.82, 2.24) is 0 Å². The molecule has 0 bridgehead atoms. The molecule has 0 unspecified atom stereocenters. The van der Waals surface area contributed by atoms with Crippen LogP contribution in [0.15, 0.2) is 29.3 Å². The number of aliphatic imine (C=N–C) groups is 1. The first kappa shape index (κ1) is 15.7. The van der Waals surface area contributed by atoms with Crippen LogP contribution in [0.25, 0.3) is 0 Å². The van der Waals surface area contributed by atoms with Gasteiger partial charge in [0.05, 0.1) is 0 Å². The minimum Gasteiger partial charge on any atom is -0.508 e. The summed E-state index contributed by atoms with van der Waals surface area (Å²) in [6.07, 6.45) is 12.6. The zero-order valence-electron chi connectivity index (χ0n) is 12.1. The Morgan fingerprint density at radius 1 is 0.895 bits per heavy atom. The summed E-state index contributed by atoms with van der Waals surface area (Å²) in [5.74, 6) is 0.306. The first-order chi connectivity index (χ1) is 9.33. The smallest absolute Gasteiger partial charge is 0.115 e. The molecule has 0 saturated carbocycles. The molecule has 1 rings (SSSR count). The molecule has 0 aliphatic rings. The zero-order chi connectivity index (χ0) is 13.8. The summed E-state index contributed by atoms with van der Waals surface area (Å²) < 4.78 is 0. The van der Waals surface area contributed by atoms with Gasteiger partial charge in [0.1, 0.15) is 5.75 Å². The van der Waals surface area contributed by atoms with Gasteiger partial charge in [0.2, 0.25) is 0 Å². The Kier molecular flexibility index (Phi) is 8.78. The van der Waals surface area contributed by atoms with Gasteiger partial charge < -0.3 is 5.11 Å². The van der Waals surface area contributed by atoms with Crippen LogP contribution in [0.4, 0.5) is 0 Å². The highest BCUT2D eigenvalue weighted by atomic mass is 16.3. The number of rotatable bonds is 10. The molecule has 0 amide bonds. The van der Waals surface area contributed by atoms with Crippen LogP contribution in [0.3, 0.4) is 0 Å². The van der Waals surface area contributed by atoms with E-state index in [4.69, 9.17) is 5.11 Å². The maximum absolute atomic E-state index is 9.16. The molecule has 1 aromatic rings. The van der Waals surface area contributed by atoms with Gasteiger partial charge in [-0.2, -0.15) is 0 Å². The van der Waals surface area contributed by atoms with Crippen molar-refractivity contribution in [1.29, 1.82) is 0 Å². The van der Waals surface area contributed by atoms with E-state index in [-0.39, 0.29) is 0 Å². The van der Waals surface area contributed by atoms with E-state index in [2.05, 4.69) is 11.9 Å². The van der Waals surface area contributed by atoms with Crippen molar-refractivity contribution >= 4 is 6.21 Å². The van der Waals surface area contributed by atoms with Crippen LogP contribution in [0.2, 0.25) is 0 Å². The van der Waals surface area contributed by atoms with Gasteiger partial charge in [-0.25, -0.2) is 0 Å². The van der Waals surface area contributed by atoms with E-state index >= 15 is 0 Å². The Hall–Kier alpha value is -1.31. The van der Waals surface area contributed by atoms with Gasteiger partial charge in [-0.1, -0.05) is 51.9 Å². The Morgan fingerprint density at radius 3 is 2.11 bits per heavy atom. The van der Waals surface area contributed by atoms with E-state index in [0.29, 0.717) is 5.75 Å². The number of nitrogens with zero attached hydrogens (tertiary/aromatic N) is 1. The number of hydrogen-bond acceptors (Lipinski definition) is 2. The lowest BCUT2D eigenvalue weighted by atomic mass is 10.1. The SMILES string of the molecule is CCCCCCCCCCN=Cc1ccc(O)cc1. The number of benzene rings is 1. The summed E-state index contributed by atoms with van der Waals surface area (Å²) in [5.41, 5.74) is 1.05. The fraction of sp³-hybridized carbons (Fsp3) is 0.588. The summed E-state index contributed by atoms with van der Waals surface area (Å²) in [6, 6.07) is 7.15. The van der Waals surface area contributed by atoms with Crippen molar-refractivity contribution in [3.05, 3.63) is 29.8 Å². The van der Waals surface area contributed by atoms with Crippen LogP contribution < -0.4 is 0 Å². The van der Waals surface area contributed by atoms with Crippen LogP contribution in [0.1, 0.15) is 63.9 Å². The third-order valence-corrected chi connectivity index (χ3v) is 3.27. The lowest BCUT2D eigenvalue weighted by Crippen LogP contribution is -1.86. The van der Waals surface area contributed by atoms with E-state index in [0.717, 1.165) is 12.1 Å². The minimum atomic E-state index is 0.306. The zero-order valence-corrected chi connectivity index (χ0v) is 12.1. The van der Waals surface area contributed by atoms with E-state index in [9.17, 15) is 0 Å². The monoisotopic (exact) mass is 261 g/mol. The molecule has 0 saturated heterocycles. The molecule has 0 spiro atoms. The van der Waals surface area contributed by atoms with E-state index in [1.165, 1.54) is 51.4 Å². The first-order valence-corrected chi connectivity index (χ1v) is 7.62. The molecule has 1 N–H and O–H groups in total. The van der Waals surface area contributed by atoms with E-state index < -0.39 is 0 Å². The molecule has 0 fully saturated rings. The van der Waals surface area contributed by atoms with Crippen molar-refractivity contribution < 1.29 is 5.11 Å². The van der Waals surface area contributed by atoms with Crippen molar-refractivity contribution in [3.63, 3.8) is 0 Å². The molecule has 2 heteroatoms. The Balaban J connectivity index is 1.97. The van der Waals surface area contributed by atoms with Crippen LogP contribution in [0.5, 0.6) is 5.75 Å². The standard InChI is InChI=1S/C17H27NO/c1-2-3-4-5-6-7-8-9-14-18-15-16-10-12-17(19)13-11-16/h10-13,15,19H,2-9,14H2,1H3. The lowest BCUT2D eigenvalue weighted by molar-refractivity contribution is 0.475. The third-order valence-electron chi connectivity index (χ3n) is 3.27. The summed E-state index contributed by atoms with van der Waals surface area (Å²) in [5, 5.41) is 9.16. The number of aromatic hydroxyl groups is 1. The molecule has 0 heterocycles. The maximum atomic E-state index is 9.16. The molecule has 1 aromatic carbocycles. The highest BCUT2D eigenvalue weighted by molar-refractivity contribution is 5.79. The number of unbranched alkanes of at least 4 members (excludes halogenated alkanes) is 7. The van der Waals surface area contributed by atoms with E-state index in [1.54, 1.807) is 12.1 Å². The van der Waals surface area contributed by atoms with Gasteiger partial charge in [0, 0.05) is 12.8 Å². The van der Waals surface area contributed by atoms with Gasteiger partial charge in [-0.15, -0.1) is 0 Å². The quantitative estimate of drug-likeness (QED) is 0.469. The van der Waals surface area contributed by atoms with Crippen molar-refractivity contribution in [3.8, 4) is 5.75 Å². The molecule has 106 valence electrons. The second kappa shape index (κ2) is 10.6. The summed E-state index contributed by atoms with van der Waals surface area (Å²) in [6.45, 7) is 3.17. The normalized spacial score (nSPS) is 11.2. The Morgan fingerprint density at radius 2 is 1.47 bits per heavy atom. The third kappa shape index (κ3) is 8.41. The molecular formula is C17H27NO. The minimum absolute atomic E-state index is 0.306. The van der Waals surface area contributed by atoms with Gasteiger partial charge in [0.25, 0.3) is 0 Å². The summed E-state index contributed by atoms with van der Waals surface area (Å²) >= 11 is 0. The fourth-order valence-electron chi connectivity index (χ4n) is 2.07. The molecule has 0 aliphatic carbocycles. The van der Waals surface area contributed by atoms with Crippen LogP contribution >= 0.6 is 0 Å². The highest BCUT2D eigenvalue weighted by Gasteiger charge is 1.91. The predicted molar refractivity (Wildman–Crippen MR) is 83.2 cm³/mol.